The minimum absolute atomic E-state index is 0.0452. The van der Waals surface area contributed by atoms with Crippen LogP contribution < -0.4 is 4.74 Å². The maximum atomic E-state index is 11.7. The summed E-state index contributed by atoms with van der Waals surface area (Å²) >= 11 is 5.90. The molecule has 1 fully saturated rings. The van der Waals surface area contributed by atoms with E-state index in [1.807, 2.05) is 0 Å². The second-order valence-electron chi connectivity index (χ2n) is 4.00. The lowest BCUT2D eigenvalue weighted by atomic mass is 10.3. The number of para-hydroxylation sites is 1. The number of hydrogen-bond acceptors (Lipinski definition) is 3. The normalized spacial score (nSPS) is 19.4. The molecule has 0 aliphatic carbocycles. The summed E-state index contributed by atoms with van der Waals surface area (Å²) in [6.07, 6.45) is 0.233. The predicted molar refractivity (Wildman–Crippen MR) is 64.2 cm³/mol. The molecule has 0 spiro atoms. The third kappa shape index (κ3) is 3.11. The van der Waals surface area contributed by atoms with Gasteiger partial charge in [-0.2, -0.15) is 0 Å². The van der Waals surface area contributed by atoms with Crippen LogP contribution in [0, 0.1) is 0 Å². The predicted octanol–water partition coefficient (Wildman–Crippen LogP) is 1.31. The van der Waals surface area contributed by atoms with Crippen LogP contribution in [0.25, 0.3) is 0 Å². The van der Waals surface area contributed by atoms with Gasteiger partial charge in [-0.15, -0.1) is 0 Å². The van der Waals surface area contributed by atoms with E-state index in [9.17, 15) is 9.90 Å². The summed E-state index contributed by atoms with van der Waals surface area (Å²) in [6.45, 7) is 0.938. The number of halogens is 1. The number of likely N-dealkylation sites (tertiary alicyclic amines) is 1. The SMILES string of the molecule is O=C(COc1ccccc1Cl)N1CC[C@@H](O)C1. The summed E-state index contributed by atoms with van der Waals surface area (Å²) in [6, 6.07) is 7.02. The van der Waals surface area contributed by atoms with Gasteiger partial charge in [0.15, 0.2) is 6.61 Å². The number of carbonyl (C=O) groups is 1. The molecule has 2 rings (SSSR count). The largest absolute Gasteiger partial charge is 0.482 e. The van der Waals surface area contributed by atoms with Crippen molar-refractivity contribution in [2.75, 3.05) is 19.7 Å². The highest BCUT2D eigenvalue weighted by Crippen LogP contribution is 2.23. The Balaban J connectivity index is 1.86. The van der Waals surface area contributed by atoms with Gasteiger partial charge in [-0.05, 0) is 18.6 Å². The molecule has 1 atom stereocenters. The summed E-state index contributed by atoms with van der Waals surface area (Å²) in [7, 11) is 0. The summed E-state index contributed by atoms with van der Waals surface area (Å²) in [5, 5.41) is 9.81. The van der Waals surface area contributed by atoms with E-state index in [1.165, 1.54) is 0 Å². The Labute approximate surface area is 105 Å². The number of aliphatic hydroxyl groups is 1. The lowest BCUT2D eigenvalue weighted by Crippen LogP contribution is -2.33. The molecule has 1 heterocycles. The fraction of sp³-hybridized carbons (Fsp3) is 0.417. The fourth-order valence-electron chi connectivity index (χ4n) is 1.76. The molecule has 5 heteroatoms. The first-order valence-electron chi connectivity index (χ1n) is 5.50. The molecule has 0 saturated carbocycles. The number of aliphatic hydroxyl groups excluding tert-OH is 1. The van der Waals surface area contributed by atoms with E-state index in [2.05, 4.69) is 0 Å². The third-order valence-corrected chi connectivity index (χ3v) is 3.02. The molecule has 1 aromatic rings. The molecule has 0 unspecified atom stereocenters. The fourth-order valence-corrected chi connectivity index (χ4v) is 1.95. The maximum absolute atomic E-state index is 11.7. The van der Waals surface area contributed by atoms with Gasteiger partial charge in [0, 0.05) is 13.1 Å². The van der Waals surface area contributed by atoms with Crippen LogP contribution in [-0.4, -0.2) is 41.7 Å². The number of rotatable bonds is 3. The Hall–Kier alpha value is -1.26. The zero-order valence-electron chi connectivity index (χ0n) is 9.30. The molecule has 1 saturated heterocycles. The van der Waals surface area contributed by atoms with Crippen molar-refractivity contribution < 1.29 is 14.6 Å². The van der Waals surface area contributed by atoms with E-state index in [4.69, 9.17) is 16.3 Å². The van der Waals surface area contributed by atoms with Crippen LogP contribution in [0.4, 0.5) is 0 Å². The van der Waals surface area contributed by atoms with Crippen molar-refractivity contribution in [2.45, 2.75) is 12.5 Å². The van der Waals surface area contributed by atoms with Gasteiger partial charge in [0.05, 0.1) is 11.1 Å². The standard InChI is InChI=1S/C12H14ClNO3/c13-10-3-1-2-4-11(10)17-8-12(16)14-6-5-9(15)7-14/h1-4,9,15H,5-8H2/t9-/m1/s1. The number of ether oxygens (including phenoxy) is 1. The Morgan fingerprint density at radius 1 is 1.53 bits per heavy atom. The number of nitrogens with zero attached hydrogens (tertiary/aromatic N) is 1. The highest BCUT2D eigenvalue weighted by atomic mass is 35.5. The minimum atomic E-state index is -0.403. The van der Waals surface area contributed by atoms with Gasteiger partial charge in [0.2, 0.25) is 0 Å². The van der Waals surface area contributed by atoms with Gasteiger partial charge < -0.3 is 14.7 Å². The van der Waals surface area contributed by atoms with Gasteiger partial charge in [-0.3, -0.25) is 4.79 Å². The number of amides is 1. The second-order valence-corrected chi connectivity index (χ2v) is 4.41. The van der Waals surface area contributed by atoms with Gasteiger partial charge >= 0.3 is 0 Å². The summed E-state index contributed by atoms with van der Waals surface area (Å²) < 4.78 is 5.34. The molecule has 4 nitrogen and oxygen atoms in total. The average Bonchev–Trinajstić information content (AvgIpc) is 2.74. The van der Waals surface area contributed by atoms with Gasteiger partial charge in [0.25, 0.3) is 5.91 Å². The van der Waals surface area contributed by atoms with Crippen molar-refractivity contribution in [3.8, 4) is 5.75 Å². The molecule has 17 heavy (non-hydrogen) atoms. The zero-order valence-corrected chi connectivity index (χ0v) is 10.1. The highest BCUT2D eigenvalue weighted by Gasteiger charge is 2.24. The van der Waals surface area contributed by atoms with E-state index in [1.54, 1.807) is 29.2 Å². The second kappa shape index (κ2) is 5.38. The minimum Gasteiger partial charge on any atom is -0.482 e. The molecule has 1 N–H and O–H groups in total. The maximum Gasteiger partial charge on any atom is 0.260 e. The Morgan fingerprint density at radius 3 is 2.94 bits per heavy atom. The first kappa shape index (κ1) is 12.2. The van der Waals surface area contributed by atoms with Crippen LogP contribution in [0.3, 0.4) is 0 Å². The van der Waals surface area contributed by atoms with Crippen LogP contribution in [0.1, 0.15) is 6.42 Å². The Kier molecular flexibility index (Phi) is 3.86. The van der Waals surface area contributed by atoms with E-state index in [0.29, 0.717) is 30.3 Å². The van der Waals surface area contributed by atoms with E-state index >= 15 is 0 Å². The number of hydrogen-bond donors (Lipinski definition) is 1. The molecule has 1 aromatic carbocycles. The van der Waals surface area contributed by atoms with Crippen molar-refractivity contribution in [2.24, 2.45) is 0 Å². The average molecular weight is 256 g/mol. The van der Waals surface area contributed by atoms with Crippen molar-refractivity contribution >= 4 is 17.5 Å². The number of benzene rings is 1. The Bertz CT molecular complexity index is 410. The van der Waals surface area contributed by atoms with Crippen molar-refractivity contribution in [1.82, 2.24) is 4.90 Å². The molecule has 0 radical (unpaired) electrons. The quantitative estimate of drug-likeness (QED) is 0.886. The smallest absolute Gasteiger partial charge is 0.260 e. The van der Waals surface area contributed by atoms with E-state index < -0.39 is 6.10 Å². The molecule has 1 amide bonds. The van der Waals surface area contributed by atoms with Crippen LogP contribution in [-0.2, 0) is 4.79 Å². The summed E-state index contributed by atoms with van der Waals surface area (Å²) in [5.41, 5.74) is 0. The van der Waals surface area contributed by atoms with E-state index in [-0.39, 0.29) is 12.5 Å². The van der Waals surface area contributed by atoms with Crippen LogP contribution in [0.5, 0.6) is 5.75 Å². The zero-order chi connectivity index (χ0) is 12.3. The lowest BCUT2D eigenvalue weighted by molar-refractivity contribution is -0.132. The Morgan fingerprint density at radius 2 is 2.29 bits per heavy atom. The topological polar surface area (TPSA) is 49.8 Å². The van der Waals surface area contributed by atoms with Crippen molar-refractivity contribution in [1.29, 1.82) is 0 Å². The van der Waals surface area contributed by atoms with Crippen LogP contribution in [0.15, 0.2) is 24.3 Å². The molecular formula is C12H14ClNO3. The monoisotopic (exact) mass is 255 g/mol. The van der Waals surface area contributed by atoms with Gasteiger partial charge in [0.1, 0.15) is 5.75 Å². The molecule has 1 aliphatic heterocycles. The van der Waals surface area contributed by atoms with Crippen molar-refractivity contribution in [3.05, 3.63) is 29.3 Å². The lowest BCUT2D eigenvalue weighted by Gasteiger charge is -2.16. The van der Waals surface area contributed by atoms with Gasteiger partial charge in [-0.1, -0.05) is 23.7 Å². The first-order valence-corrected chi connectivity index (χ1v) is 5.88. The van der Waals surface area contributed by atoms with Crippen molar-refractivity contribution in [3.63, 3.8) is 0 Å². The number of carbonyl (C=O) groups excluding carboxylic acids is 1. The van der Waals surface area contributed by atoms with Gasteiger partial charge in [-0.25, -0.2) is 0 Å². The van der Waals surface area contributed by atoms with Crippen LogP contribution >= 0.6 is 11.6 Å². The van der Waals surface area contributed by atoms with E-state index in [0.717, 1.165) is 0 Å². The highest BCUT2D eigenvalue weighted by molar-refractivity contribution is 6.32. The third-order valence-electron chi connectivity index (χ3n) is 2.70. The van der Waals surface area contributed by atoms with Crippen LogP contribution in [0.2, 0.25) is 5.02 Å². The summed E-state index contributed by atoms with van der Waals surface area (Å²) in [4.78, 5) is 13.3. The molecule has 92 valence electrons. The molecule has 1 aliphatic rings. The molecule has 0 bridgehead atoms. The summed E-state index contributed by atoms with van der Waals surface area (Å²) in [5.74, 6) is 0.378. The first-order chi connectivity index (χ1) is 8.16. The molecular weight excluding hydrogens is 242 g/mol. The molecule has 0 aromatic heterocycles. The number of β-amino-alcohol motifs (C(OH)–C–C–N with tert-alkyl or cyclic N) is 1.